The van der Waals surface area contributed by atoms with Crippen LogP contribution in [0.4, 0.5) is 0 Å². The summed E-state index contributed by atoms with van der Waals surface area (Å²) in [5.41, 5.74) is 8.25. The van der Waals surface area contributed by atoms with E-state index in [2.05, 4.69) is 25.9 Å². The summed E-state index contributed by atoms with van der Waals surface area (Å²) in [7, 11) is 0. The minimum absolute atomic E-state index is 0.0899. The van der Waals surface area contributed by atoms with Gasteiger partial charge in [0.2, 0.25) is 0 Å². The van der Waals surface area contributed by atoms with Crippen molar-refractivity contribution in [2.75, 3.05) is 6.54 Å². The normalized spacial score (nSPS) is 21.5. The molecule has 3 heteroatoms. The second kappa shape index (κ2) is 3.63. The van der Waals surface area contributed by atoms with Gasteiger partial charge in [-0.25, -0.2) is 0 Å². The number of aromatic nitrogens is 1. The summed E-state index contributed by atoms with van der Waals surface area (Å²) < 4.78 is 5.44. The smallest absolute Gasteiger partial charge is 0.140 e. The lowest BCUT2D eigenvalue weighted by Gasteiger charge is -2.22. The quantitative estimate of drug-likeness (QED) is 0.768. The average Bonchev–Trinajstić information content (AvgIpc) is 2.59. The third-order valence-electron chi connectivity index (χ3n) is 3.19. The molecule has 0 bridgehead atoms. The molecule has 15 heavy (non-hydrogen) atoms. The molecular formula is C12H20N2O. The molecule has 1 aliphatic carbocycles. The van der Waals surface area contributed by atoms with Gasteiger partial charge in [-0.15, -0.1) is 0 Å². The fourth-order valence-corrected chi connectivity index (χ4v) is 2.26. The summed E-state index contributed by atoms with van der Waals surface area (Å²) in [5, 5.41) is 4.22. The van der Waals surface area contributed by atoms with Crippen LogP contribution in [0.15, 0.2) is 4.52 Å². The van der Waals surface area contributed by atoms with Gasteiger partial charge in [-0.3, -0.25) is 0 Å². The van der Waals surface area contributed by atoms with E-state index >= 15 is 0 Å². The highest BCUT2D eigenvalue weighted by Gasteiger charge is 2.29. The topological polar surface area (TPSA) is 52.0 Å². The maximum atomic E-state index is 5.69. The number of nitrogens with two attached hydrogens (primary N) is 1. The molecule has 1 unspecified atom stereocenters. The van der Waals surface area contributed by atoms with Gasteiger partial charge in [0.25, 0.3) is 0 Å². The molecule has 2 N–H and O–H groups in total. The molecule has 2 rings (SSSR count). The maximum Gasteiger partial charge on any atom is 0.140 e. The van der Waals surface area contributed by atoms with Gasteiger partial charge >= 0.3 is 0 Å². The molecule has 0 spiro atoms. The van der Waals surface area contributed by atoms with E-state index in [4.69, 9.17) is 10.3 Å². The third kappa shape index (κ3) is 1.93. The van der Waals surface area contributed by atoms with E-state index in [0.717, 1.165) is 30.8 Å². The summed E-state index contributed by atoms with van der Waals surface area (Å²) in [6.07, 6.45) is 3.22. The molecule has 0 aromatic carbocycles. The predicted octanol–water partition coefficient (Wildman–Crippen LogP) is 2.04. The van der Waals surface area contributed by atoms with Crippen molar-refractivity contribution >= 4 is 0 Å². The zero-order valence-electron chi connectivity index (χ0n) is 9.84. The second-order valence-corrected chi connectivity index (χ2v) is 5.53. The largest absolute Gasteiger partial charge is 0.361 e. The molecule has 1 atom stereocenters. The Balaban J connectivity index is 2.30. The van der Waals surface area contributed by atoms with Gasteiger partial charge in [0.15, 0.2) is 0 Å². The van der Waals surface area contributed by atoms with Crippen LogP contribution in [0.5, 0.6) is 0 Å². The van der Waals surface area contributed by atoms with Crippen LogP contribution in [0.1, 0.15) is 44.2 Å². The lowest BCUT2D eigenvalue weighted by atomic mass is 9.81. The number of hydrogen-bond acceptors (Lipinski definition) is 3. The Morgan fingerprint density at radius 3 is 2.80 bits per heavy atom. The predicted molar refractivity (Wildman–Crippen MR) is 59.8 cm³/mol. The first-order chi connectivity index (χ1) is 7.02. The van der Waals surface area contributed by atoms with Crippen molar-refractivity contribution in [1.29, 1.82) is 0 Å². The zero-order valence-corrected chi connectivity index (χ0v) is 9.84. The Kier molecular flexibility index (Phi) is 2.59. The second-order valence-electron chi connectivity index (χ2n) is 5.53. The van der Waals surface area contributed by atoms with E-state index in [1.807, 2.05) is 0 Å². The summed E-state index contributed by atoms with van der Waals surface area (Å²) in [6.45, 7) is 7.30. The Bertz CT molecular complexity index is 349. The summed E-state index contributed by atoms with van der Waals surface area (Å²) >= 11 is 0. The standard InChI is InChI=1S/C12H20N2O/c1-12(2,3)11-9-5-4-8(7-13)6-10(9)15-14-11/h8H,4-7,13H2,1-3H3. The molecule has 0 amide bonds. The highest BCUT2D eigenvalue weighted by Crippen LogP contribution is 2.33. The third-order valence-corrected chi connectivity index (χ3v) is 3.19. The highest BCUT2D eigenvalue weighted by molar-refractivity contribution is 5.30. The van der Waals surface area contributed by atoms with Crippen LogP contribution in [0.3, 0.4) is 0 Å². The summed E-state index contributed by atoms with van der Waals surface area (Å²) in [5.74, 6) is 1.65. The fourth-order valence-electron chi connectivity index (χ4n) is 2.26. The van der Waals surface area contributed by atoms with Gasteiger partial charge in [-0.1, -0.05) is 25.9 Å². The van der Waals surface area contributed by atoms with Gasteiger partial charge in [-0.05, 0) is 25.3 Å². The zero-order chi connectivity index (χ0) is 11.1. The monoisotopic (exact) mass is 208 g/mol. The minimum atomic E-state index is 0.0899. The van der Waals surface area contributed by atoms with Crippen molar-refractivity contribution in [3.05, 3.63) is 17.0 Å². The van der Waals surface area contributed by atoms with Gasteiger partial charge in [0.05, 0.1) is 5.69 Å². The lowest BCUT2D eigenvalue weighted by Crippen LogP contribution is -2.23. The highest BCUT2D eigenvalue weighted by atomic mass is 16.5. The molecule has 1 aromatic rings. The molecule has 0 fully saturated rings. The van der Waals surface area contributed by atoms with E-state index in [0.29, 0.717) is 5.92 Å². The number of nitrogens with zero attached hydrogens (tertiary/aromatic N) is 1. The van der Waals surface area contributed by atoms with Crippen molar-refractivity contribution in [2.24, 2.45) is 11.7 Å². The van der Waals surface area contributed by atoms with Crippen LogP contribution in [-0.4, -0.2) is 11.7 Å². The molecule has 0 saturated heterocycles. The molecule has 0 radical (unpaired) electrons. The van der Waals surface area contributed by atoms with E-state index in [1.165, 1.54) is 12.0 Å². The van der Waals surface area contributed by atoms with Gasteiger partial charge in [0, 0.05) is 17.4 Å². The van der Waals surface area contributed by atoms with Crippen molar-refractivity contribution in [2.45, 2.75) is 45.4 Å². The van der Waals surface area contributed by atoms with E-state index in [1.54, 1.807) is 0 Å². The van der Waals surface area contributed by atoms with Crippen molar-refractivity contribution < 1.29 is 4.52 Å². The van der Waals surface area contributed by atoms with Gasteiger partial charge in [-0.2, -0.15) is 0 Å². The maximum absolute atomic E-state index is 5.69. The fraction of sp³-hybridized carbons (Fsp3) is 0.750. The van der Waals surface area contributed by atoms with Crippen LogP contribution in [0, 0.1) is 5.92 Å². The molecule has 1 aliphatic rings. The number of rotatable bonds is 1. The number of hydrogen-bond donors (Lipinski definition) is 1. The molecule has 84 valence electrons. The van der Waals surface area contributed by atoms with Crippen LogP contribution < -0.4 is 5.73 Å². The van der Waals surface area contributed by atoms with E-state index in [9.17, 15) is 0 Å². The Hall–Kier alpha value is -0.830. The molecule has 3 nitrogen and oxygen atoms in total. The van der Waals surface area contributed by atoms with Gasteiger partial charge in [0.1, 0.15) is 5.76 Å². The van der Waals surface area contributed by atoms with Crippen LogP contribution >= 0.6 is 0 Å². The molecule has 1 aromatic heterocycles. The van der Waals surface area contributed by atoms with E-state index in [-0.39, 0.29) is 5.41 Å². The Morgan fingerprint density at radius 2 is 2.20 bits per heavy atom. The van der Waals surface area contributed by atoms with Crippen LogP contribution in [-0.2, 0) is 18.3 Å². The molecule has 0 saturated carbocycles. The molecular weight excluding hydrogens is 188 g/mol. The Labute approximate surface area is 91.0 Å². The van der Waals surface area contributed by atoms with Crippen molar-refractivity contribution in [3.8, 4) is 0 Å². The molecule has 0 aliphatic heterocycles. The Morgan fingerprint density at radius 1 is 1.47 bits per heavy atom. The van der Waals surface area contributed by atoms with E-state index < -0.39 is 0 Å². The minimum Gasteiger partial charge on any atom is -0.361 e. The first-order valence-electron chi connectivity index (χ1n) is 5.70. The first-order valence-corrected chi connectivity index (χ1v) is 5.70. The first kappa shape index (κ1) is 10.7. The van der Waals surface area contributed by atoms with Crippen LogP contribution in [0.2, 0.25) is 0 Å². The average molecular weight is 208 g/mol. The van der Waals surface area contributed by atoms with Crippen LogP contribution in [0.25, 0.3) is 0 Å². The van der Waals surface area contributed by atoms with Gasteiger partial charge < -0.3 is 10.3 Å². The van der Waals surface area contributed by atoms with Crippen molar-refractivity contribution in [1.82, 2.24) is 5.16 Å². The lowest BCUT2D eigenvalue weighted by molar-refractivity contribution is 0.333. The van der Waals surface area contributed by atoms with Crippen molar-refractivity contribution in [3.63, 3.8) is 0 Å². The molecule has 1 heterocycles. The summed E-state index contributed by atoms with van der Waals surface area (Å²) in [6, 6.07) is 0. The SMILES string of the molecule is CC(C)(C)c1noc2c1CCC(CN)C2. The summed E-state index contributed by atoms with van der Waals surface area (Å²) in [4.78, 5) is 0. The number of fused-ring (bicyclic) bond motifs is 1.